The molecule has 2 heteroatoms. The van der Waals surface area contributed by atoms with Crippen LogP contribution in [-0.4, -0.2) is 6.21 Å². The number of nitrogen functional groups attached to an aromatic ring is 1. The molecule has 0 atom stereocenters. The Bertz CT molecular complexity index is 263. The van der Waals surface area contributed by atoms with Crippen molar-refractivity contribution in [3.63, 3.8) is 0 Å². The monoisotopic (exact) mass is 146 g/mol. The van der Waals surface area contributed by atoms with Gasteiger partial charge in [0.15, 0.2) is 0 Å². The highest BCUT2D eigenvalue weighted by molar-refractivity contribution is 5.88. The van der Waals surface area contributed by atoms with Gasteiger partial charge in [-0.1, -0.05) is 30.9 Å². The van der Waals surface area contributed by atoms with E-state index in [4.69, 9.17) is 11.1 Å². The van der Waals surface area contributed by atoms with Crippen molar-refractivity contribution >= 4 is 18.0 Å². The summed E-state index contributed by atoms with van der Waals surface area (Å²) >= 11 is 0. The number of hydrogen-bond donors (Lipinski definition) is 2. The summed E-state index contributed by atoms with van der Waals surface area (Å²) in [6, 6.07) is 5.53. The third-order valence-corrected chi connectivity index (χ3v) is 1.55. The number of para-hydroxylation sites is 1. The molecule has 0 spiro atoms. The van der Waals surface area contributed by atoms with Crippen molar-refractivity contribution in [1.29, 1.82) is 5.41 Å². The summed E-state index contributed by atoms with van der Waals surface area (Å²) in [6.07, 6.45) is 2.92. The van der Waals surface area contributed by atoms with Crippen molar-refractivity contribution in [2.24, 2.45) is 0 Å². The van der Waals surface area contributed by atoms with Crippen LogP contribution in [0, 0.1) is 5.41 Å². The molecule has 0 unspecified atom stereocenters. The molecule has 0 aliphatic rings. The summed E-state index contributed by atoms with van der Waals surface area (Å²) in [6.45, 7) is 3.61. The van der Waals surface area contributed by atoms with Crippen molar-refractivity contribution in [2.75, 3.05) is 5.73 Å². The Labute approximate surface area is 65.9 Å². The van der Waals surface area contributed by atoms with Gasteiger partial charge in [0.2, 0.25) is 0 Å². The van der Waals surface area contributed by atoms with Gasteiger partial charge in [-0.25, -0.2) is 0 Å². The SMILES string of the molecule is C=Cc1cccc(C=N)c1N. The first kappa shape index (κ1) is 7.54. The molecule has 0 radical (unpaired) electrons. The number of rotatable bonds is 2. The van der Waals surface area contributed by atoms with E-state index in [0.717, 1.165) is 11.1 Å². The van der Waals surface area contributed by atoms with E-state index in [2.05, 4.69) is 6.58 Å². The van der Waals surface area contributed by atoms with Gasteiger partial charge >= 0.3 is 0 Å². The highest BCUT2D eigenvalue weighted by Crippen LogP contribution is 2.16. The van der Waals surface area contributed by atoms with Crippen LogP contribution in [0.15, 0.2) is 24.8 Å². The van der Waals surface area contributed by atoms with E-state index >= 15 is 0 Å². The van der Waals surface area contributed by atoms with Gasteiger partial charge in [0.05, 0.1) is 0 Å². The molecule has 11 heavy (non-hydrogen) atoms. The molecule has 1 rings (SSSR count). The summed E-state index contributed by atoms with van der Waals surface area (Å²) in [5.41, 5.74) is 7.92. The Hall–Kier alpha value is -1.57. The van der Waals surface area contributed by atoms with Gasteiger partial charge in [-0.15, -0.1) is 0 Å². The van der Waals surface area contributed by atoms with Crippen LogP contribution in [0.25, 0.3) is 6.08 Å². The Balaban J connectivity index is 3.30. The molecule has 0 aliphatic carbocycles. The minimum atomic E-state index is 0.623. The molecule has 0 fully saturated rings. The third kappa shape index (κ3) is 1.29. The normalized spacial score (nSPS) is 9.09. The van der Waals surface area contributed by atoms with E-state index in [0.29, 0.717) is 5.69 Å². The molecular weight excluding hydrogens is 136 g/mol. The zero-order chi connectivity index (χ0) is 8.27. The van der Waals surface area contributed by atoms with Gasteiger partial charge in [-0.3, -0.25) is 0 Å². The lowest BCUT2D eigenvalue weighted by atomic mass is 10.1. The lowest BCUT2D eigenvalue weighted by molar-refractivity contribution is 1.53. The van der Waals surface area contributed by atoms with E-state index in [1.165, 1.54) is 6.21 Å². The number of benzene rings is 1. The van der Waals surface area contributed by atoms with Gasteiger partial charge in [0.25, 0.3) is 0 Å². The summed E-state index contributed by atoms with van der Waals surface area (Å²) in [5.74, 6) is 0. The van der Waals surface area contributed by atoms with E-state index in [-0.39, 0.29) is 0 Å². The average molecular weight is 146 g/mol. The highest BCUT2D eigenvalue weighted by Gasteiger charge is 1.97. The molecule has 1 aromatic rings. The third-order valence-electron chi connectivity index (χ3n) is 1.55. The van der Waals surface area contributed by atoms with Gasteiger partial charge in [0, 0.05) is 17.5 Å². The Kier molecular flexibility index (Phi) is 2.06. The molecule has 0 saturated carbocycles. The molecule has 56 valence electrons. The Morgan fingerprint density at radius 1 is 1.36 bits per heavy atom. The zero-order valence-electron chi connectivity index (χ0n) is 6.17. The van der Waals surface area contributed by atoms with E-state index in [1.807, 2.05) is 12.1 Å². The summed E-state index contributed by atoms with van der Waals surface area (Å²) < 4.78 is 0. The molecule has 1 aromatic carbocycles. The summed E-state index contributed by atoms with van der Waals surface area (Å²) in [5, 5.41) is 7.02. The van der Waals surface area contributed by atoms with Crippen LogP contribution in [0.3, 0.4) is 0 Å². The molecule has 3 N–H and O–H groups in total. The van der Waals surface area contributed by atoms with Crippen LogP contribution in [-0.2, 0) is 0 Å². The van der Waals surface area contributed by atoms with Crippen molar-refractivity contribution < 1.29 is 0 Å². The summed E-state index contributed by atoms with van der Waals surface area (Å²) in [7, 11) is 0. The van der Waals surface area contributed by atoms with E-state index in [9.17, 15) is 0 Å². The quantitative estimate of drug-likeness (QED) is 0.486. The smallest absolute Gasteiger partial charge is 0.0476 e. The van der Waals surface area contributed by atoms with E-state index in [1.54, 1.807) is 12.1 Å². The molecule has 0 aliphatic heterocycles. The topological polar surface area (TPSA) is 49.9 Å². The minimum Gasteiger partial charge on any atom is -0.398 e. The maximum absolute atomic E-state index is 7.02. The van der Waals surface area contributed by atoms with Crippen LogP contribution in [0.4, 0.5) is 5.69 Å². The predicted octanol–water partition coefficient (Wildman–Crippen LogP) is 1.91. The van der Waals surface area contributed by atoms with E-state index < -0.39 is 0 Å². The van der Waals surface area contributed by atoms with Crippen LogP contribution in [0.5, 0.6) is 0 Å². The first-order valence-corrected chi connectivity index (χ1v) is 3.31. The molecular formula is C9H10N2. The van der Waals surface area contributed by atoms with Crippen LogP contribution < -0.4 is 5.73 Å². The molecule has 0 bridgehead atoms. The predicted molar refractivity (Wildman–Crippen MR) is 48.8 cm³/mol. The number of anilines is 1. The second-order valence-electron chi connectivity index (χ2n) is 2.20. The van der Waals surface area contributed by atoms with Crippen LogP contribution in [0.2, 0.25) is 0 Å². The fourth-order valence-corrected chi connectivity index (χ4v) is 0.906. The van der Waals surface area contributed by atoms with Crippen molar-refractivity contribution in [2.45, 2.75) is 0 Å². The largest absolute Gasteiger partial charge is 0.398 e. The maximum atomic E-state index is 7.02. The Morgan fingerprint density at radius 2 is 2.00 bits per heavy atom. The first-order valence-electron chi connectivity index (χ1n) is 3.31. The van der Waals surface area contributed by atoms with Gasteiger partial charge < -0.3 is 11.1 Å². The molecule has 0 aromatic heterocycles. The lowest BCUT2D eigenvalue weighted by Crippen LogP contribution is -1.94. The van der Waals surface area contributed by atoms with Crippen molar-refractivity contribution in [1.82, 2.24) is 0 Å². The van der Waals surface area contributed by atoms with Crippen LogP contribution in [0.1, 0.15) is 11.1 Å². The fraction of sp³-hybridized carbons (Fsp3) is 0. The Morgan fingerprint density at radius 3 is 2.55 bits per heavy atom. The minimum absolute atomic E-state index is 0.623. The van der Waals surface area contributed by atoms with Crippen LogP contribution >= 0.6 is 0 Å². The number of nitrogens with one attached hydrogen (secondary N) is 1. The maximum Gasteiger partial charge on any atom is 0.0476 e. The second-order valence-corrected chi connectivity index (χ2v) is 2.20. The fourth-order valence-electron chi connectivity index (χ4n) is 0.906. The zero-order valence-corrected chi connectivity index (χ0v) is 6.17. The number of hydrogen-bond acceptors (Lipinski definition) is 2. The van der Waals surface area contributed by atoms with Gasteiger partial charge in [-0.05, 0) is 5.56 Å². The van der Waals surface area contributed by atoms with Gasteiger partial charge in [-0.2, -0.15) is 0 Å². The second kappa shape index (κ2) is 3.01. The lowest BCUT2D eigenvalue weighted by Gasteiger charge is -2.01. The van der Waals surface area contributed by atoms with Gasteiger partial charge in [0.1, 0.15) is 0 Å². The summed E-state index contributed by atoms with van der Waals surface area (Å²) in [4.78, 5) is 0. The molecule has 0 heterocycles. The van der Waals surface area contributed by atoms with Crippen molar-refractivity contribution in [3.05, 3.63) is 35.9 Å². The highest BCUT2D eigenvalue weighted by atomic mass is 14.6. The molecule has 0 saturated heterocycles. The average Bonchev–Trinajstić information content (AvgIpc) is 2.05. The van der Waals surface area contributed by atoms with Crippen molar-refractivity contribution in [3.8, 4) is 0 Å². The molecule has 0 amide bonds. The standard InChI is InChI=1S/C9H10N2/c1-2-7-4-3-5-8(6-10)9(7)11/h2-6,10H,1,11H2. The first-order chi connectivity index (χ1) is 5.29. The number of nitrogens with two attached hydrogens (primary N) is 1. The molecule has 2 nitrogen and oxygen atoms in total.